The quantitative estimate of drug-likeness (QED) is 0.920. The summed E-state index contributed by atoms with van der Waals surface area (Å²) in [5.74, 6) is 0.536. The Bertz CT molecular complexity index is 455. The number of hydrogen-bond acceptors (Lipinski definition) is 2. The van der Waals surface area contributed by atoms with E-state index in [-0.39, 0.29) is 11.4 Å². The van der Waals surface area contributed by atoms with E-state index in [1.807, 2.05) is 46.8 Å². The molecule has 0 spiro atoms. The third kappa shape index (κ3) is 4.75. The number of carbonyl (C=O) groups excluding carboxylic acids is 1. The molecule has 4 heteroatoms. The highest BCUT2D eigenvalue weighted by atomic mass is 35.5. The number of aryl methyl sites for hydroxylation is 2. The van der Waals surface area contributed by atoms with Gasteiger partial charge in [0.05, 0.1) is 0 Å². The van der Waals surface area contributed by atoms with E-state index in [4.69, 9.17) is 16.3 Å². The lowest BCUT2D eigenvalue weighted by Gasteiger charge is -2.24. The summed E-state index contributed by atoms with van der Waals surface area (Å²) in [6, 6.07) is 3.69. The van der Waals surface area contributed by atoms with Crippen molar-refractivity contribution in [3.8, 4) is 5.75 Å². The fraction of sp³-hybridized carbons (Fsp3) is 0.533. The maximum absolute atomic E-state index is 11.9. The summed E-state index contributed by atoms with van der Waals surface area (Å²) in [7, 11) is 0. The van der Waals surface area contributed by atoms with Crippen LogP contribution in [-0.2, 0) is 4.79 Å². The molecule has 0 radical (unpaired) electrons. The second-order valence-corrected chi connectivity index (χ2v) is 6.25. The van der Waals surface area contributed by atoms with Crippen molar-refractivity contribution < 1.29 is 9.53 Å². The van der Waals surface area contributed by atoms with Crippen molar-refractivity contribution in [1.29, 1.82) is 0 Å². The van der Waals surface area contributed by atoms with Gasteiger partial charge in [0, 0.05) is 10.6 Å². The van der Waals surface area contributed by atoms with E-state index in [2.05, 4.69) is 5.32 Å². The van der Waals surface area contributed by atoms with Crippen LogP contribution in [0.1, 0.15) is 38.8 Å². The van der Waals surface area contributed by atoms with Crippen LogP contribution in [0.15, 0.2) is 12.1 Å². The van der Waals surface area contributed by atoms with Crippen LogP contribution in [-0.4, -0.2) is 17.6 Å². The van der Waals surface area contributed by atoms with Crippen LogP contribution >= 0.6 is 11.6 Å². The molecule has 1 aromatic carbocycles. The first kappa shape index (κ1) is 15.8. The van der Waals surface area contributed by atoms with E-state index >= 15 is 0 Å². The third-order valence-electron chi connectivity index (χ3n) is 2.59. The molecule has 19 heavy (non-hydrogen) atoms. The van der Waals surface area contributed by atoms with Crippen molar-refractivity contribution in [2.24, 2.45) is 0 Å². The van der Waals surface area contributed by atoms with Gasteiger partial charge in [-0.2, -0.15) is 0 Å². The number of hydrogen-bond donors (Lipinski definition) is 1. The number of halogens is 1. The predicted molar refractivity (Wildman–Crippen MR) is 78.9 cm³/mol. The second kappa shape index (κ2) is 5.83. The van der Waals surface area contributed by atoms with E-state index in [0.717, 1.165) is 16.1 Å². The largest absolute Gasteiger partial charge is 0.481 e. The molecule has 0 heterocycles. The summed E-state index contributed by atoms with van der Waals surface area (Å²) in [5.41, 5.74) is 1.63. The molecule has 1 amide bonds. The van der Waals surface area contributed by atoms with Crippen LogP contribution in [0.2, 0.25) is 5.02 Å². The third-order valence-corrected chi connectivity index (χ3v) is 3.19. The molecular formula is C15H22ClNO2. The predicted octanol–water partition coefficient (Wildman–Crippen LogP) is 3.64. The van der Waals surface area contributed by atoms with Gasteiger partial charge >= 0.3 is 0 Å². The van der Waals surface area contributed by atoms with Crippen LogP contribution in [0, 0.1) is 13.8 Å². The van der Waals surface area contributed by atoms with Gasteiger partial charge in [-0.1, -0.05) is 11.6 Å². The van der Waals surface area contributed by atoms with Gasteiger partial charge in [-0.3, -0.25) is 4.79 Å². The maximum Gasteiger partial charge on any atom is 0.261 e. The molecule has 3 nitrogen and oxygen atoms in total. The van der Waals surface area contributed by atoms with Crippen LogP contribution in [0.3, 0.4) is 0 Å². The molecule has 0 aromatic heterocycles. The van der Waals surface area contributed by atoms with Gasteiger partial charge in [0.15, 0.2) is 6.10 Å². The first-order valence-corrected chi connectivity index (χ1v) is 6.73. The Hall–Kier alpha value is -1.22. The first-order valence-electron chi connectivity index (χ1n) is 6.35. The number of benzene rings is 1. The molecule has 0 fully saturated rings. The minimum Gasteiger partial charge on any atom is -0.481 e. The van der Waals surface area contributed by atoms with Crippen molar-refractivity contribution in [2.75, 3.05) is 0 Å². The number of carbonyl (C=O) groups is 1. The van der Waals surface area contributed by atoms with Gasteiger partial charge in [0.2, 0.25) is 0 Å². The summed E-state index contributed by atoms with van der Waals surface area (Å²) in [4.78, 5) is 11.9. The van der Waals surface area contributed by atoms with Crippen molar-refractivity contribution in [1.82, 2.24) is 5.32 Å². The van der Waals surface area contributed by atoms with Crippen LogP contribution < -0.4 is 10.1 Å². The summed E-state index contributed by atoms with van der Waals surface area (Å²) >= 11 is 6.10. The molecular weight excluding hydrogens is 262 g/mol. The normalized spacial score (nSPS) is 13.0. The Balaban J connectivity index is 2.77. The second-order valence-electron chi connectivity index (χ2n) is 5.87. The molecule has 0 aliphatic heterocycles. The highest BCUT2D eigenvalue weighted by Gasteiger charge is 2.20. The topological polar surface area (TPSA) is 38.3 Å². The van der Waals surface area contributed by atoms with Gasteiger partial charge in [0.1, 0.15) is 5.75 Å². The van der Waals surface area contributed by atoms with Crippen molar-refractivity contribution >= 4 is 17.5 Å². The van der Waals surface area contributed by atoms with E-state index in [1.165, 1.54) is 0 Å². The minimum absolute atomic E-state index is 0.127. The van der Waals surface area contributed by atoms with Gasteiger partial charge in [0.25, 0.3) is 5.91 Å². The van der Waals surface area contributed by atoms with Crippen molar-refractivity contribution in [3.63, 3.8) is 0 Å². The Kier molecular flexibility index (Phi) is 4.86. The maximum atomic E-state index is 11.9. The number of ether oxygens (including phenoxy) is 1. The summed E-state index contributed by atoms with van der Waals surface area (Å²) in [6.45, 7) is 11.4. The Morgan fingerprint density at radius 3 is 2.16 bits per heavy atom. The molecule has 1 rings (SSSR count). The summed E-state index contributed by atoms with van der Waals surface area (Å²) < 4.78 is 5.67. The number of nitrogens with one attached hydrogen (secondary N) is 1. The summed E-state index contributed by atoms with van der Waals surface area (Å²) in [6.07, 6.45) is -0.542. The number of rotatable bonds is 3. The molecule has 1 unspecified atom stereocenters. The number of amides is 1. The zero-order valence-electron chi connectivity index (χ0n) is 12.4. The molecule has 106 valence electrons. The van der Waals surface area contributed by atoms with Crippen LogP contribution in [0.5, 0.6) is 5.75 Å². The van der Waals surface area contributed by atoms with Gasteiger partial charge in [-0.05, 0) is 64.8 Å². The minimum atomic E-state index is -0.542. The first-order chi connectivity index (χ1) is 8.60. The molecule has 1 N–H and O–H groups in total. The highest BCUT2D eigenvalue weighted by Crippen LogP contribution is 2.26. The summed E-state index contributed by atoms with van der Waals surface area (Å²) in [5, 5.41) is 3.63. The standard InChI is InChI=1S/C15H22ClNO2/c1-9-7-12(8-10(2)13(9)16)19-11(3)14(18)17-15(4,5)6/h7-8,11H,1-6H3,(H,17,18). The van der Waals surface area contributed by atoms with Crippen molar-refractivity contribution in [3.05, 3.63) is 28.3 Å². The molecule has 1 aromatic rings. The molecule has 1 atom stereocenters. The molecule has 0 aliphatic carbocycles. The van der Waals surface area contributed by atoms with E-state index in [0.29, 0.717) is 5.75 Å². The molecule has 0 saturated heterocycles. The SMILES string of the molecule is Cc1cc(OC(C)C(=O)NC(C)(C)C)cc(C)c1Cl. The van der Waals surface area contributed by atoms with Crippen molar-refractivity contribution in [2.45, 2.75) is 53.2 Å². The Labute approximate surface area is 120 Å². The van der Waals surface area contributed by atoms with E-state index in [1.54, 1.807) is 6.92 Å². The monoisotopic (exact) mass is 283 g/mol. The zero-order valence-corrected chi connectivity index (χ0v) is 13.2. The Morgan fingerprint density at radius 2 is 1.74 bits per heavy atom. The zero-order chi connectivity index (χ0) is 14.8. The highest BCUT2D eigenvalue weighted by molar-refractivity contribution is 6.32. The lowest BCUT2D eigenvalue weighted by molar-refractivity contribution is -0.128. The lowest BCUT2D eigenvalue weighted by Crippen LogP contribution is -2.46. The fourth-order valence-electron chi connectivity index (χ4n) is 1.70. The fourth-order valence-corrected chi connectivity index (χ4v) is 1.81. The molecule has 0 saturated carbocycles. The van der Waals surface area contributed by atoms with Gasteiger partial charge < -0.3 is 10.1 Å². The van der Waals surface area contributed by atoms with Gasteiger partial charge in [-0.25, -0.2) is 0 Å². The molecule has 0 aliphatic rings. The lowest BCUT2D eigenvalue weighted by atomic mass is 10.1. The van der Waals surface area contributed by atoms with Crippen LogP contribution in [0.25, 0.3) is 0 Å². The van der Waals surface area contributed by atoms with Gasteiger partial charge in [-0.15, -0.1) is 0 Å². The average molecular weight is 284 g/mol. The molecule has 0 bridgehead atoms. The van der Waals surface area contributed by atoms with E-state index in [9.17, 15) is 4.79 Å². The Morgan fingerprint density at radius 1 is 1.26 bits per heavy atom. The van der Waals surface area contributed by atoms with E-state index < -0.39 is 6.10 Å². The van der Waals surface area contributed by atoms with Crippen LogP contribution in [0.4, 0.5) is 0 Å². The smallest absolute Gasteiger partial charge is 0.261 e. The average Bonchev–Trinajstić information content (AvgIpc) is 2.23.